The fourth-order valence-corrected chi connectivity index (χ4v) is 3.79. The number of benzene rings is 1. The summed E-state index contributed by atoms with van der Waals surface area (Å²) in [6, 6.07) is 4.81. The summed E-state index contributed by atoms with van der Waals surface area (Å²) in [5.74, 6) is 0.986. The molecule has 1 saturated heterocycles. The number of phenols is 1. The lowest BCUT2D eigenvalue weighted by Gasteiger charge is -2.16. The van der Waals surface area contributed by atoms with E-state index in [-0.39, 0.29) is 17.9 Å². The van der Waals surface area contributed by atoms with Crippen LogP contribution >= 0.6 is 7.82 Å². The van der Waals surface area contributed by atoms with E-state index in [1.807, 2.05) is 0 Å². The first-order valence-electron chi connectivity index (χ1n) is 9.67. The lowest BCUT2D eigenvalue weighted by molar-refractivity contribution is -0.0504. The molecule has 3 aromatic rings. The summed E-state index contributed by atoms with van der Waals surface area (Å²) in [7, 11) is -3.26. The molecule has 0 radical (unpaired) electrons. The van der Waals surface area contributed by atoms with Crippen molar-refractivity contribution >= 4 is 24.8 Å². The van der Waals surface area contributed by atoms with Crippen molar-refractivity contribution in [2.24, 2.45) is 0 Å². The van der Waals surface area contributed by atoms with Crippen LogP contribution in [0.2, 0.25) is 0 Å². The van der Waals surface area contributed by atoms with Crippen LogP contribution in [0.4, 0.5) is 5.82 Å². The van der Waals surface area contributed by atoms with E-state index in [1.165, 1.54) is 30.4 Å². The molecule has 4 atom stereocenters. The monoisotopic (exact) mass is 483 g/mol. The number of hydrogen-bond donors (Lipinski definition) is 6. The van der Waals surface area contributed by atoms with E-state index in [2.05, 4.69) is 24.8 Å². The van der Waals surface area contributed by atoms with Gasteiger partial charge in [-0.25, -0.2) is 19.5 Å². The number of nitrogens with zero attached hydrogens (tertiary/aromatic N) is 4. The van der Waals surface area contributed by atoms with Crippen molar-refractivity contribution in [3.05, 3.63) is 36.4 Å². The predicted molar refractivity (Wildman–Crippen MR) is 111 cm³/mol. The zero-order valence-electron chi connectivity index (χ0n) is 17.2. The lowest BCUT2D eigenvalue weighted by Crippen LogP contribution is -2.33. The van der Waals surface area contributed by atoms with Crippen molar-refractivity contribution in [2.45, 2.75) is 31.1 Å². The van der Waals surface area contributed by atoms with Crippen molar-refractivity contribution in [1.82, 2.24) is 19.5 Å². The number of imidazole rings is 1. The van der Waals surface area contributed by atoms with Crippen molar-refractivity contribution in [2.75, 3.05) is 19.0 Å². The van der Waals surface area contributed by atoms with Crippen LogP contribution in [0.5, 0.6) is 11.5 Å². The van der Waals surface area contributed by atoms with Crippen molar-refractivity contribution in [3.8, 4) is 11.5 Å². The average Bonchev–Trinajstić information content (AvgIpc) is 3.33. The molecule has 14 nitrogen and oxygen atoms in total. The molecule has 1 aliphatic rings. The number of phenolic OH excluding ortho intramolecular Hbond substituents is 1. The number of ether oxygens (including phenoxy) is 2. The first kappa shape index (κ1) is 23.3. The van der Waals surface area contributed by atoms with Crippen LogP contribution in [0.3, 0.4) is 0 Å². The highest BCUT2D eigenvalue weighted by Gasteiger charge is 2.45. The number of rotatable bonds is 8. The van der Waals surface area contributed by atoms with E-state index in [0.717, 1.165) is 0 Å². The topological polar surface area (TPSA) is 202 Å². The maximum atomic E-state index is 10.9. The fraction of sp³-hybridized carbons (Fsp3) is 0.389. The first-order valence-corrected chi connectivity index (χ1v) is 11.2. The number of anilines is 1. The van der Waals surface area contributed by atoms with Gasteiger partial charge in [-0.15, -0.1) is 0 Å². The molecule has 33 heavy (non-hydrogen) atoms. The highest BCUT2D eigenvalue weighted by Crippen LogP contribution is 2.39. The summed E-state index contributed by atoms with van der Waals surface area (Å²) >= 11 is 0. The zero-order valence-corrected chi connectivity index (χ0v) is 18.1. The molecule has 0 unspecified atom stereocenters. The lowest BCUT2D eigenvalue weighted by atomic mass is 10.1. The minimum atomic E-state index is -4.78. The van der Waals surface area contributed by atoms with Gasteiger partial charge >= 0.3 is 7.82 Å². The molecule has 1 aliphatic heterocycles. The van der Waals surface area contributed by atoms with Crippen LogP contribution in [0.15, 0.2) is 30.9 Å². The van der Waals surface area contributed by atoms with E-state index >= 15 is 0 Å². The summed E-state index contributed by atoms with van der Waals surface area (Å²) in [6.07, 6.45) is -2.63. The summed E-state index contributed by atoms with van der Waals surface area (Å²) in [6.45, 7) is -0.428. The van der Waals surface area contributed by atoms with Gasteiger partial charge in [0.05, 0.1) is 20.0 Å². The number of nitrogens with one attached hydrogen (secondary N) is 1. The molecule has 6 N–H and O–H groups in total. The standard InChI is InChI=1S/C18H22N5O9P/c1-30-10-2-3-11(24)9(4-10)5-19-16-13-17(21-7-20-16)23(8-22-13)18-15(26)14(25)12(32-18)6-31-33(27,28)29/h2-4,7-8,12,14-15,18,24-26H,5-6H2,1H3,(H,19,20,21)(H2,27,28,29)/t12-,14-,15-,18-/m1/s1. The van der Waals surface area contributed by atoms with Gasteiger partial charge in [-0.2, -0.15) is 0 Å². The summed E-state index contributed by atoms with van der Waals surface area (Å²) in [5.41, 5.74) is 1.17. The van der Waals surface area contributed by atoms with Gasteiger partial charge in [0, 0.05) is 12.1 Å². The molecule has 0 spiro atoms. The molecule has 4 rings (SSSR count). The van der Waals surface area contributed by atoms with Gasteiger partial charge in [0.2, 0.25) is 0 Å². The van der Waals surface area contributed by atoms with Crippen molar-refractivity contribution in [3.63, 3.8) is 0 Å². The van der Waals surface area contributed by atoms with Crippen LogP contribution in [0.1, 0.15) is 11.8 Å². The fourth-order valence-electron chi connectivity index (χ4n) is 3.44. The van der Waals surface area contributed by atoms with Crippen LogP contribution in [0, 0.1) is 0 Å². The molecule has 0 saturated carbocycles. The SMILES string of the molecule is COc1ccc(O)c(CNc2ncnc3c2ncn3[C@@H]2O[C@H](COP(=O)(O)O)[C@@H](O)[C@H]2O)c1. The number of aromatic nitrogens is 4. The molecule has 1 aromatic carbocycles. The third-order valence-corrected chi connectivity index (χ3v) is 5.60. The summed E-state index contributed by atoms with van der Waals surface area (Å²) < 4.78 is 27.4. The second-order valence-electron chi connectivity index (χ2n) is 7.23. The van der Waals surface area contributed by atoms with Gasteiger partial charge in [0.25, 0.3) is 0 Å². The quantitative estimate of drug-likeness (QED) is 0.232. The maximum absolute atomic E-state index is 10.9. The van der Waals surface area contributed by atoms with Crippen molar-refractivity contribution in [1.29, 1.82) is 0 Å². The van der Waals surface area contributed by atoms with E-state index in [0.29, 0.717) is 22.6 Å². The highest BCUT2D eigenvalue weighted by molar-refractivity contribution is 7.46. The number of aromatic hydroxyl groups is 1. The Kier molecular flexibility index (Phi) is 6.50. The van der Waals surface area contributed by atoms with Crippen molar-refractivity contribution < 1.29 is 43.7 Å². The molecule has 15 heteroatoms. The maximum Gasteiger partial charge on any atom is 0.469 e. The number of fused-ring (bicyclic) bond motifs is 1. The number of methoxy groups -OCH3 is 1. The molecule has 178 valence electrons. The van der Waals surface area contributed by atoms with Crippen LogP contribution in [-0.4, -0.2) is 76.7 Å². The largest absolute Gasteiger partial charge is 0.508 e. The van der Waals surface area contributed by atoms with E-state index in [1.54, 1.807) is 12.1 Å². The van der Waals surface area contributed by atoms with Gasteiger partial charge in [-0.3, -0.25) is 9.09 Å². The Bertz CT molecular complexity index is 1190. The van der Waals surface area contributed by atoms with Crippen LogP contribution < -0.4 is 10.1 Å². The predicted octanol–water partition coefficient (Wildman–Crippen LogP) is -0.119. The second kappa shape index (κ2) is 9.19. The van der Waals surface area contributed by atoms with Crippen LogP contribution in [-0.2, 0) is 20.4 Å². The molecular formula is C18H22N5O9P. The first-order chi connectivity index (χ1) is 15.7. The smallest absolute Gasteiger partial charge is 0.469 e. The number of phosphoric acid groups is 1. The van der Waals surface area contributed by atoms with Crippen LogP contribution in [0.25, 0.3) is 11.2 Å². The Labute approximate surface area is 186 Å². The Morgan fingerprint density at radius 3 is 2.73 bits per heavy atom. The molecule has 0 amide bonds. The average molecular weight is 483 g/mol. The van der Waals surface area contributed by atoms with Gasteiger partial charge in [-0.1, -0.05) is 0 Å². The van der Waals surface area contributed by atoms with Gasteiger partial charge < -0.3 is 39.9 Å². The van der Waals surface area contributed by atoms with E-state index in [4.69, 9.17) is 19.3 Å². The summed E-state index contributed by atoms with van der Waals surface area (Å²) in [5, 5.41) is 33.8. The molecule has 0 aliphatic carbocycles. The number of aliphatic hydroxyl groups excluding tert-OH is 2. The number of phosphoric ester groups is 1. The van der Waals surface area contributed by atoms with Gasteiger partial charge in [0.15, 0.2) is 23.2 Å². The van der Waals surface area contributed by atoms with Gasteiger partial charge in [0.1, 0.15) is 36.1 Å². The van der Waals surface area contributed by atoms with Gasteiger partial charge in [-0.05, 0) is 18.2 Å². The minimum absolute atomic E-state index is 0.0687. The molecular weight excluding hydrogens is 461 g/mol. The Balaban J connectivity index is 1.54. The normalized spacial score (nSPS) is 23.2. The van der Waals surface area contributed by atoms with E-state index in [9.17, 15) is 19.9 Å². The number of hydrogen-bond acceptors (Lipinski definition) is 11. The highest BCUT2D eigenvalue weighted by atomic mass is 31.2. The minimum Gasteiger partial charge on any atom is -0.508 e. The number of aliphatic hydroxyl groups is 2. The Hall–Kier alpha value is -2.84. The molecule has 1 fully saturated rings. The summed E-state index contributed by atoms with van der Waals surface area (Å²) in [4.78, 5) is 30.3. The Morgan fingerprint density at radius 1 is 1.21 bits per heavy atom. The Morgan fingerprint density at radius 2 is 2.00 bits per heavy atom. The zero-order chi connectivity index (χ0) is 23.8. The molecule has 2 aromatic heterocycles. The molecule has 3 heterocycles. The van der Waals surface area contributed by atoms with E-state index < -0.39 is 39.0 Å². The third-order valence-electron chi connectivity index (χ3n) is 5.11. The second-order valence-corrected chi connectivity index (χ2v) is 8.47. The third kappa shape index (κ3) is 4.91. The molecule has 0 bridgehead atoms.